The van der Waals surface area contributed by atoms with Gasteiger partial charge in [-0.1, -0.05) is 0 Å². The molecule has 0 radical (unpaired) electrons. The Balaban J connectivity index is 1.85. The van der Waals surface area contributed by atoms with Crippen LogP contribution in [0.1, 0.15) is 23.4 Å². The van der Waals surface area contributed by atoms with Crippen molar-refractivity contribution >= 4 is 5.91 Å². The number of carbonyl (C=O) groups is 1. The molecule has 0 spiro atoms. The molecule has 0 aliphatic carbocycles. The predicted molar refractivity (Wildman–Crippen MR) is 54.6 cm³/mol. The van der Waals surface area contributed by atoms with Gasteiger partial charge in [0.1, 0.15) is 0 Å². The van der Waals surface area contributed by atoms with Crippen molar-refractivity contribution < 1.29 is 9.21 Å². The summed E-state index contributed by atoms with van der Waals surface area (Å²) in [5, 5.41) is 3.35. The second-order valence-electron chi connectivity index (χ2n) is 4.23. The first kappa shape index (κ1) is 8.97. The Labute approximate surface area is 88.2 Å². The number of furan rings is 1. The van der Waals surface area contributed by atoms with Crippen molar-refractivity contribution in [2.24, 2.45) is 0 Å². The zero-order valence-corrected chi connectivity index (χ0v) is 8.48. The average Bonchev–Trinajstić information content (AvgIpc) is 2.85. The maximum Gasteiger partial charge on any atom is 0.290 e. The SMILES string of the molecule is O=C(c1ccco1)N1C2CCC1CNC2. The molecule has 2 aliphatic heterocycles. The van der Waals surface area contributed by atoms with Crippen molar-refractivity contribution in [3.05, 3.63) is 24.2 Å². The highest BCUT2D eigenvalue weighted by Crippen LogP contribution is 2.28. The fourth-order valence-electron chi connectivity index (χ4n) is 2.64. The standard InChI is InChI=1S/C11H14N2O2/c14-11(10-2-1-5-15-10)13-8-3-4-9(13)7-12-6-8/h1-2,5,8-9,12H,3-4,6-7H2. The number of rotatable bonds is 1. The van der Waals surface area contributed by atoms with Crippen molar-refractivity contribution in [3.63, 3.8) is 0 Å². The highest BCUT2D eigenvalue weighted by molar-refractivity contribution is 5.92. The summed E-state index contributed by atoms with van der Waals surface area (Å²) in [6.07, 6.45) is 3.78. The normalized spacial score (nSPS) is 29.5. The molecule has 2 aliphatic rings. The third-order valence-corrected chi connectivity index (χ3v) is 3.35. The van der Waals surface area contributed by atoms with Crippen LogP contribution in [0.4, 0.5) is 0 Å². The third kappa shape index (κ3) is 1.36. The number of nitrogens with one attached hydrogen (secondary N) is 1. The number of nitrogens with zero attached hydrogens (tertiary/aromatic N) is 1. The summed E-state index contributed by atoms with van der Waals surface area (Å²) in [4.78, 5) is 14.1. The minimum atomic E-state index is 0.0500. The lowest BCUT2D eigenvalue weighted by atomic mass is 10.2. The highest BCUT2D eigenvalue weighted by atomic mass is 16.3. The van der Waals surface area contributed by atoms with Crippen LogP contribution in [-0.4, -0.2) is 36.0 Å². The van der Waals surface area contributed by atoms with Crippen molar-refractivity contribution in [1.29, 1.82) is 0 Å². The van der Waals surface area contributed by atoms with Gasteiger partial charge in [0.05, 0.1) is 6.26 Å². The van der Waals surface area contributed by atoms with Crippen molar-refractivity contribution in [2.75, 3.05) is 13.1 Å². The molecule has 1 aromatic heterocycles. The Morgan fingerprint density at radius 3 is 2.73 bits per heavy atom. The minimum Gasteiger partial charge on any atom is -0.459 e. The van der Waals surface area contributed by atoms with Gasteiger partial charge in [-0.2, -0.15) is 0 Å². The second-order valence-corrected chi connectivity index (χ2v) is 4.23. The van der Waals surface area contributed by atoms with E-state index in [1.165, 1.54) is 0 Å². The van der Waals surface area contributed by atoms with Crippen LogP contribution >= 0.6 is 0 Å². The van der Waals surface area contributed by atoms with E-state index in [0.29, 0.717) is 17.8 Å². The van der Waals surface area contributed by atoms with Crippen LogP contribution in [0.5, 0.6) is 0 Å². The van der Waals surface area contributed by atoms with Crippen molar-refractivity contribution in [2.45, 2.75) is 24.9 Å². The lowest BCUT2D eigenvalue weighted by Crippen LogP contribution is -2.54. The molecule has 15 heavy (non-hydrogen) atoms. The second kappa shape index (κ2) is 3.38. The molecule has 0 aromatic carbocycles. The van der Waals surface area contributed by atoms with Crippen LogP contribution in [0.25, 0.3) is 0 Å². The third-order valence-electron chi connectivity index (χ3n) is 3.35. The largest absolute Gasteiger partial charge is 0.459 e. The average molecular weight is 206 g/mol. The first-order chi connectivity index (χ1) is 7.36. The minimum absolute atomic E-state index is 0.0500. The van der Waals surface area contributed by atoms with Crippen LogP contribution in [0, 0.1) is 0 Å². The highest BCUT2D eigenvalue weighted by Gasteiger charge is 2.40. The van der Waals surface area contributed by atoms with E-state index in [9.17, 15) is 4.79 Å². The van der Waals surface area contributed by atoms with Crippen molar-refractivity contribution in [3.8, 4) is 0 Å². The van der Waals surface area contributed by atoms with Crippen LogP contribution in [0.2, 0.25) is 0 Å². The molecule has 3 rings (SSSR count). The Bertz CT molecular complexity index is 345. The molecule has 2 bridgehead atoms. The molecular formula is C11H14N2O2. The summed E-state index contributed by atoms with van der Waals surface area (Å²) in [5.41, 5.74) is 0. The molecule has 2 unspecified atom stereocenters. The van der Waals surface area contributed by atoms with Gasteiger partial charge in [0, 0.05) is 25.2 Å². The molecule has 2 saturated heterocycles. The quantitative estimate of drug-likeness (QED) is 0.741. The first-order valence-electron chi connectivity index (χ1n) is 5.43. The molecule has 3 heterocycles. The van der Waals surface area contributed by atoms with E-state index < -0.39 is 0 Å². The molecule has 0 saturated carbocycles. The number of piperazine rings is 1. The Hall–Kier alpha value is -1.29. The molecule has 2 fully saturated rings. The van der Waals surface area contributed by atoms with Gasteiger partial charge in [-0.15, -0.1) is 0 Å². The topological polar surface area (TPSA) is 45.5 Å². The summed E-state index contributed by atoms with van der Waals surface area (Å²) in [5.74, 6) is 0.516. The number of fused-ring (bicyclic) bond motifs is 2. The van der Waals surface area contributed by atoms with Gasteiger partial charge in [0.2, 0.25) is 0 Å². The van der Waals surface area contributed by atoms with E-state index in [1.54, 1.807) is 18.4 Å². The van der Waals surface area contributed by atoms with Crippen LogP contribution in [0.3, 0.4) is 0 Å². The maximum atomic E-state index is 12.1. The molecule has 1 amide bonds. The summed E-state index contributed by atoms with van der Waals surface area (Å²) in [6.45, 7) is 1.84. The number of amides is 1. The lowest BCUT2D eigenvalue weighted by molar-refractivity contribution is 0.0587. The Morgan fingerprint density at radius 1 is 1.40 bits per heavy atom. The van der Waals surface area contributed by atoms with E-state index in [1.807, 2.05) is 4.90 Å². The maximum absolute atomic E-state index is 12.1. The molecular weight excluding hydrogens is 192 g/mol. The predicted octanol–water partition coefficient (Wildman–Crippen LogP) is 0.856. The van der Waals surface area contributed by atoms with Gasteiger partial charge in [0.25, 0.3) is 5.91 Å². The fraction of sp³-hybridized carbons (Fsp3) is 0.545. The summed E-state index contributed by atoms with van der Waals surface area (Å²) < 4.78 is 5.16. The van der Waals surface area contributed by atoms with Gasteiger partial charge in [-0.05, 0) is 25.0 Å². The molecule has 1 N–H and O–H groups in total. The van der Waals surface area contributed by atoms with E-state index in [-0.39, 0.29) is 5.91 Å². The lowest BCUT2D eigenvalue weighted by Gasteiger charge is -2.34. The van der Waals surface area contributed by atoms with E-state index in [4.69, 9.17) is 4.42 Å². The molecule has 4 nitrogen and oxygen atoms in total. The number of carbonyl (C=O) groups excluding carboxylic acids is 1. The molecule has 1 aromatic rings. The van der Waals surface area contributed by atoms with Gasteiger partial charge < -0.3 is 14.6 Å². The van der Waals surface area contributed by atoms with E-state index in [0.717, 1.165) is 25.9 Å². The van der Waals surface area contributed by atoms with Crippen LogP contribution in [-0.2, 0) is 0 Å². The monoisotopic (exact) mass is 206 g/mol. The van der Waals surface area contributed by atoms with Gasteiger partial charge >= 0.3 is 0 Å². The van der Waals surface area contributed by atoms with E-state index in [2.05, 4.69) is 5.32 Å². The van der Waals surface area contributed by atoms with E-state index >= 15 is 0 Å². The van der Waals surface area contributed by atoms with Crippen LogP contribution < -0.4 is 5.32 Å². The molecule has 80 valence electrons. The Morgan fingerprint density at radius 2 is 2.13 bits per heavy atom. The summed E-state index contributed by atoms with van der Waals surface area (Å²) in [7, 11) is 0. The fourth-order valence-corrected chi connectivity index (χ4v) is 2.64. The van der Waals surface area contributed by atoms with Gasteiger partial charge in [-0.25, -0.2) is 0 Å². The first-order valence-corrected chi connectivity index (χ1v) is 5.43. The van der Waals surface area contributed by atoms with Gasteiger partial charge in [-0.3, -0.25) is 4.79 Å². The number of hydrogen-bond acceptors (Lipinski definition) is 3. The number of hydrogen-bond donors (Lipinski definition) is 1. The zero-order chi connectivity index (χ0) is 10.3. The van der Waals surface area contributed by atoms with Crippen molar-refractivity contribution in [1.82, 2.24) is 10.2 Å². The summed E-state index contributed by atoms with van der Waals surface area (Å²) in [6, 6.07) is 4.23. The molecule has 2 atom stereocenters. The Kier molecular flexibility index (Phi) is 2.02. The zero-order valence-electron chi connectivity index (χ0n) is 8.48. The van der Waals surface area contributed by atoms with Gasteiger partial charge in [0.15, 0.2) is 5.76 Å². The van der Waals surface area contributed by atoms with Crippen LogP contribution in [0.15, 0.2) is 22.8 Å². The smallest absolute Gasteiger partial charge is 0.290 e. The summed E-state index contributed by atoms with van der Waals surface area (Å²) >= 11 is 0. The molecule has 4 heteroatoms.